The van der Waals surface area contributed by atoms with Crippen LogP contribution in [0, 0.1) is 0 Å². The first-order valence-electron chi connectivity index (χ1n) is 30.6. The molecule has 8 nitrogen and oxygen atoms in total. The molecule has 0 radical (unpaired) electrons. The van der Waals surface area contributed by atoms with Crippen molar-refractivity contribution in [1.82, 2.24) is 0 Å². The van der Waals surface area contributed by atoms with Crippen molar-refractivity contribution in [2.24, 2.45) is 0 Å². The summed E-state index contributed by atoms with van der Waals surface area (Å²) in [6, 6.07) is 0. The Bertz CT molecular complexity index is 937. The van der Waals surface area contributed by atoms with E-state index < -0.39 is 18.0 Å². The quantitative estimate of drug-likeness (QED) is 0.0348. The first-order chi connectivity index (χ1) is 33.7. The largest absolute Gasteiger partial charge is 2.00 e. The summed E-state index contributed by atoms with van der Waals surface area (Å²) in [5.74, 6) is -2.08. The predicted molar refractivity (Wildman–Crippen MR) is 291 cm³/mol. The summed E-state index contributed by atoms with van der Waals surface area (Å²) in [7, 11) is 0. The van der Waals surface area contributed by atoms with E-state index in [1.54, 1.807) is 0 Å². The molecule has 0 rings (SSSR count). The van der Waals surface area contributed by atoms with Crippen molar-refractivity contribution in [2.45, 2.75) is 361 Å². The van der Waals surface area contributed by atoms with E-state index in [4.69, 9.17) is 14.9 Å². The van der Waals surface area contributed by atoms with Gasteiger partial charge in [-0.2, -0.15) is 0 Å². The van der Waals surface area contributed by atoms with Gasteiger partial charge in [0.05, 0.1) is 6.61 Å². The van der Waals surface area contributed by atoms with Crippen LogP contribution in [0.15, 0.2) is 0 Å². The van der Waals surface area contributed by atoms with Crippen LogP contribution in [0.3, 0.4) is 0 Å². The number of hydrogen-bond donors (Lipinski definition) is 2. The third-order valence-electron chi connectivity index (χ3n) is 13.6. The maximum atomic E-state index is 11.4. The van der Waals surface area contributed by atoms with Gasteiger partial charge in [0, 0.05) is 18.4 Å². The smallest absolute Gasteiger partial charge is 0.550 e. The molecule has 2 N–H and O–H groups in total. The number of carbonyl (C=O) groups excluding carboxylic acids is 3. The Morgan fingerprint density at radius 3 is 0.671 bits per heavy atom. The molecule has 0 fully saturated rings. The zero-order valence-electron chi connectivity index (χ0n) is 47.3. The Hall–Kier alpha value is -1.05. The maximum absolute atomic E-state index is 11.4. The zero-order valence-corrected chi connectivity index (χ0v) is 50.3. The van der Waals surface area contributed by atoms with Crippen LogP contribution >= 0.6 is 0 Å². The molecular formula is C61H120O8Zn. The van der Waals surface area contributed by atoms with Crippen LogP contribution in [0.4, 0.5) is 0 Å². The number of esters is 1. The fourth-order valence-corrected chi connectivity index (χ4v) is 8.94. The minimum Gasteiger partial charge on any atom is -0.550 e. The van der Waals surface area contributed by atoms with Gasteiger partial charge in [-0.1, -0.05) is 316 Å². The van der Waals surface area contributed by atoms with Gasteiger partial charge in [-0.05, 0) is 32.1 Å². The van der Waals surface area contributed by atoms with Crippen LogP contribution in [0.2, 0.25) is 0 Å². The van der Waals surface area contributed by atoms with Gasteiger partial charge in [0.25, 0.3) is 0 Å². The van der Waals surface area contributed by atoms with Crippen molar-refractivity contribution in [2.75, 3.05) is 13.2 Å². The van der Waals surface area contributed by atoms with Gasteiger partial charge in [-0.15, -0.1) is 0 Å². The topological polar surface area (TPSA) is 147 Å². The average Bonchev–Trinajstić information content (AvgIpc) is 3.34. The van der Waals surface area contributed by atoms with Crippen molar-refractivity contribution in [3.05, 3.63) is 0 Å². The van der Waals surface area contributed by atoms with E-state index in [2.05, 4.69) is 20.8 Å². The molecule has 0 aromatic heterocycles. The summed E-state index contributed by atoms with van der Waals surface area (Å²) >= 11 is 0. The van der Waals surface area contributed by atoms with Gasteiger partial charge in [-0.3, -0.25) is 4.79 Å². The number of ether oxygens (including phenoxy) is 1. The standard InChI is InChI=1S/C25H50O4.2C18H36O2.Zn/c1-2-3-4-5-6-7-8-9-10-11-12-13-14-15-16-17-18-19-20-21-25(28)29-23-24(27)22-26;2*1-2-3-4-5-6-7-8-9-10-11-12-13-14-15-16-17-18(19)20;/h24,26-27H,2-23H2,1H3;2*2-17H2,1H3,(H,19,20);/q;;;+2/p-2. The average molecular weight is 1050 g/mol. The maximum Gasteiger partial charge on any atom is 2.00 e. The van der Waals surface area contributed by atoms with Crippen molar-refractivity contribution in [3.8, 4) is 0 Å². The fraction of sp³-hybridized carbons (Fsp3) is 0.951. The molecule has 0 spiro atoms. The molecule has 9 heteroatoms. The molecule has 0 aliphatic rings. The number of aliphatic carboxylic acids is 2. The molecule has 1 atom stereocenters. The fourth-order valence-electron chi connectivity index (χ4n) is 8.94. The Labute approximate surface area is 448 Å². The molecule has 1 unspecified atom stereocenters. The zero-order chi connectivity index (χ0) is 51.2. The van der Waals surface area contributed by atoms with Crippen molar-refractivity contribution < 1.29 is 59.0 Å². The van der Waals surface area contributed by atoms with E-state index in [9.17, 15) is 24.6 Å². The van der Waals surface area contributed by atoms with Gasteiger partial charge in [0.2, 0.25) is 0 Å². The van der Waals surface area contributed by atoms with E-state index in [-0.39, 0.29) is 51.5 Å². The number of unbranched alkanes of at least 4 members (excludes halogenated alkanes) is 46. The van der Waals surface area contributed by atoms with Crippen LogP contribution in [0.1, 0.15) is 355 Å². The molecule has 0 aliphatic heterocycles. The molecule has 0 amide bonds. The first kappa shape index (κ1) is 75.5. The molecule has 414 valence electrons. The normalized spacial score (nSPS) is 11.3. The number of aliphatic hydroxyl groups excluding tert-OH is 2. The second-order valence-corrected chi connectivity index (χ2v) is 20.8. The van der Waals surface area contributed by atoms with Crippen molar-refractivity contribution in [1.29, 1.82) is 0 Å². The van der Waals surface area contributed by atoms with Gasteiger partial charge < -0.3 is 34.8 Å². The second kappa shape index (κ2) is 70.0. The Morgan fingerprint density at radius 1 is 0.329 bits per heavy atom. The number of aliphatic hydroxyl groups is 2. The number of carboxylic acids is 2. The molecular weight excluding hydrogens is 926 g/mol. The number of carboxylic acid groups (broad SMARTS) is 2. The Balaban J connectivity index is -0.000000476. The molecule has 0 aliphatic carbocycles. The molecule has 0 aromatic carbocycles. The minimum absolute atomic E-state index is 0. The summed E-state index contributed by atoms with van der Waals surface area (Å²) in [5, 5.41) is 38.2. The van der Waals surface area contributed by atoms with E-state index >= 15 is 0 Å². The van der Waals surface area contributed by atoms with Gasteiger partial charge in [0.15, 0.2) is 0 Å². The third kappa shape index (κ3) is 78.4. The van der Waals surface area contributed by atoms with Crippen LogP contribution in [0.5, 0.6) is 0 Å². The monoisotopic (exact) mass is 1040 g/mol. The van der Waals surface area contributed by atoms with Crippen LogP contribution < -0.4 is 10.2 Å². The minimum atomic E-state index is -0.955. The number of hydrogen-bond acceptors (Lipinski definition) is 8. The Kier molecular flexibility index (Phi) is 75.5. The van der Waals surface area contributed by atoms with Crippen LogP contribution in [0.25, 0.3) is 0 Å². The van der Waals surface area contributed by atoms with E-state index in [1.165, 1.54) is 276 Å². The van der Waals surface area contributed by atoms with E-state index in [0.29, 0.717) is 6.42 Å². The molecule has 0 saturated heterocycles. The van der Waals surface area contributed by atoms with Crippen molar-refractivity contribution >= 4 is 17.9 Å². The molecule has 70 heavy (non-hydrogen) atoms. The van der Waals surface area contributed by atoms with Gasteiger partial charge in [0.1, 0.15) is 12.7 Å². The van der Waals surface area contributed by atoms with Gasteiger partial charge >= 0.3 is 25.4 Å². The van der Waals surface area contributed by atoms with E-state index in [0.717, 1.165) is 38.5 Å². The van der Waals surface area contributed by atoms with E-state index in [1.807, 2.05) is 0 Å². The molecule has 0 aromatic rings. The van der Waals surface area contributed by atoms with Crippen LogP contribution in [-0.2, 0) is 38.6 Å². The molecule has 0 heterocycles. The van der Waals surface area contributed by atoms with Crippen molar-refractivity contribution in [3.63, 3.8) is 0 Å². The molecule has 0 saturated carbocycles. The summed E-state index contributed by atoms with van der Waals surface area (Å²) in [4.78, 5) is 31.9. The summed E-state index contributed by atoms with van der Waals surface area (Å²) in [6.07, 6.45) is 64.6. The second-order valence-electron chi connectivity index (χ2n) is 20.8. The Morgan fingerprint density at radius 2 is 0.500 bits per heavy atom. The summed E-state index contributed by atoms with van der Waals surface area (Å²) < 4.78 is 4.88. The number of carbonyl (C=O) groups is 3. The van der Waals surface area contributed by atoms with Crippen LogP contribution in [-0.4, -0.2) is 47.4 Å². The molecule has 0 bridgehead atoms. The SMILES string of the molecule is CCCCCCCCCCCCCCCCCC(=O)[O-].CCCCCCCCCCCCCCCCCC(=O)[O-].CCCCCCCCCCCCCCCCCCCCCC(=O)OCC(O)CO.[Zn+2]. The predicted octanol–water partition coefficient (Wildman–Crippen LogP) is 16.7. The first-order valence-corrected chi connectivity index (χ1v) is 30.6. The summed E-state index contributed by atoms with van der Waals surface area (Å²) in [6.45, 7) is 6.34. The third-order valence-corrected chi connectivity index (χ3v) is 13.6. The van der Waals surface area contributed by atoms with Gasteiger partial charge in [-0.25, -0.2) is 0 Å². The number of rotatable bonds is 55. The summed E-state index contributed by atoms with van der Waals surface area (Å²) in [5.41, 5.74) is 0.